The number of anilines is 3. The largest absolute Gasteiger partial charge is 0.495 e. The minimum atomic E-state index is -0.336. The molecule has 3 rings (SSSR count). The number of aryl methyl sites for hydroxylation is 1. The Morgan fingerprint density at radius 1 is 1.07 bits per heavy atom. The maximum absolute atomic E-state index is 12.5. The summed E-state index contributed by atoms with van der Waals surface area (Å²) in [6.45, 7) is 1.95. The van der Waals surface area contributed by atoms with E-state index < -0.39 is 0 Å². The van der Waals surface area contributed by atoms with Crippen LogP contribution in [-0.4, -0.2) is 30.1 Å². The fraction of sp³-hybridized carbons (Fsp3) is 0.150. The number of methoxy groups -OCH3 is 2. The number of ether oxygens (including phenoxy) is 2. The van der Waals surface area contributed by atoms with E-state index in [9.17, 15) is 4.79 Å². The number of carbonyl (C=O) groups is 1. The summed E-state index contributed by atoms with van der Waals surface area (Å²) < 4.78 is 10.6. The Bertz CT molecular complexity index is 1010. The van der Waals surface area contributed by atoms with E-state index in [-0.39, 0.29) is 17.5 Å². The average Bonchev–Trinajstić information content (AvgIpc) is 2.69. The van der Waals surface area contributed by atoms with Gasteiger partial charge in [0.15, 0.2) is 0 Å². The Balaban J connectivity index is 1.83. The van der Waals surface area contributed by atoms with Crippen molar-refractivity contribution in [2.75, 3.05) is 24.9 Å². The van der Waals surface area contributed by atoms with Gasteiger partial charge in [-0.05, 0) is 30.7 Å². The number of hydrogen-bond donors (Lipinski definition) is 2. The lowest BCUT2D eigenvalue weighted by atomic mass is 10.2. The highest BCUT2D eigenvalue weighted by Crippen LogP contribution is 2.36. The summed E-state index contributed by atoms with van der Waals surface area (Å²) in [5, 5.41) is 6.26. The van der Waals surface area contributed by atoms with Gasteiger partial charge in [-0.1, -0.05) is 23.7 Å². The van der Waals surface area contributed by atoms with Crippen molar-refractivity contribution in [3.05, 3.63) is 64.9 Å². The summed E-state index contributed by atoms with van der Waals surface area (Å²) in [7, 11) is 3.04. The molecule has 3 aromatic rings. The number of amides is 1. The standard InChI is InChI=1S/C20H19ClN4O3/c1-12-5-4-6-13(9-12)23-19(26)15-7-8-22-20(24-15)25-16-11-17(27-2)14(21)10-18(16)28-3/h4-11H,1-3H3,(H,23,26)(H,22,24,25). The first-order valence-corrected chi connectivity index (χ1v) is 8.77. The van der Waals surface area contributed by atoms with Crippen molar-refractivity contribution >= 4 is 34.8 Å². The Hall–Kier alpha value is -3.32. The van der Waals surface area contributed by atoms with Crippen LogP contribution in [0.4, 0.5) is 17.3 Å². The number of nitrogens with one attached hydrogen (secondary N) is 2. The second kappa shape index (κ2) is 8.58. The predicted octanol–water partition coefficient (Wildman–Crippen LogP) is 4.45. The first-order valence-electron chi connectivity index (χ1n) is 8.39. The van der Waals surface area contributed by atoms with E-state index in [0.717, 1.165) is 5.56 Å². The average molecular weight is 399 g/mol. The van der Waals surface area contributed by atoms with Crippen molar-refractivity contribution in [1.82, 2.24) is 9.97 Å². The van der Waals surface area contributed by atoms with Crippen molar-refractivity contribution < 1.29 is 14.3 Å². The minimum Gasteiger partial charge on any atom is -0.495 e. The SMILES string of the molecule is COc1cc(Nc2nccc(C(=O)Nc3cccc(C)c3)n2)c(OC)cc1Cl. The number of hydrogen-bond acceptors (Lipinski definition) is 6. The summed E-state index contributed by atoms with van der Waals surface area (Å²) >= 11 is 6.12. The van der Waals surface area contributed by atoms with Crippen LogP contribution in [0.5, 0.6) is 11.5 Å². The third-order valence-corrected chi connectivity index (χ3v) is 4.18. The van der Waals surface area contributed by atoms with E-state index in [1.165, 1.54) is 26.5 Å². The van der Waals surface area contributed by atoms with Gasteiger partial charge in [0.25, 0.3) is 5.91 Å². The molecule has 8 heteroatoms. The third-order valence-electron chi connectivity index (χ3n) is 3.88. The molecule has 0 aliphatic rings. The molecule has 0 fully saturated rings. The van der Waals surface area contributed by atoms with Crippen LogP contribution in [-0.2, 0) is 0 Å². The normalized spacial score (nSPS) is 10.3. The van der Waals surface area contributed by atoms with E-state index in [1.54, 1.807) is 12.1 Å². The Labute approximate surface area is 167 Å². The monoisotopic (exact) mass is 398 g/mol. The molecule has 0 unspecified atom stereocenters. The van der Waals surface area contributed by atoms with Crippen LogP contribution in [0.15, 0.2) is 48.7 Å². The van der Waals surface area contributed by atoms with Gasteiger partial charge >= 0.3 is 0 Å². The number of benzene rings is 2. The van der Waals surface area contributed by atoms with Crippen LogP contribution in [0.1, 0.15) is 16.1 Å². The second-order valence-corrected chi connectivity index (χ2v) is 6.31. The fourth-order valence-electron chi connectivity index (χ4n) is 2.54. The van der Waals surface area contributed by atoms with Crippen molar-refractivity contribution in [3.8, 4) is 11.5 Å². The van der Waals surface area contributed by atoms with Crippen LogP contribution in [0.2, 0.25) is 5.02 Å². The Kier molecular flexibility index (Phi) is 5.96. The smallest absolute Gasteiger partial charge is 0.274 e. The van der Waals surface area contributed by atoms with Crippen LogP contribution in [0, 0.1) is 6.92 Å². The quantitative estimate of drug-likeness (QED) is 0.638. The van der Waals surface area contributed by atoms with Gasteiger partial charge in [0.2, 0.25) is 5.95 Å². The molecular weight excluding hydrogens is 380 g/mol. The number of rotatable bonds is 6. The lowest BCUT2D eigenvalue weighted by Crippen LogP contribution is -2.15. The zero-order valence-electron chi connectivity index (χ0n) is 15.6. The van der Waals surface area contributed by atoms with Crippen molar-refractivity contribution in [1.29, 1.82) is 0 Å². The van der Waals surface area contributed by atoms with Gasteiger partial charge in [0, 0.05) is 24.0 Å². The lowest BCUT2D eigenvalue weighted by molar-refractivity contribution is 0.102. The van der Waals surface area contributed by atoms with Crippen molar-refractivity contribution in [2.24, 2.45) is 0 Å². The molecule has 144 valence electrons. The molecule has 1 amide bonds. The number of nitrogens with zero attached hydrogens (tertiary/aromatic N) is 2. The molecule has 1 aromatic heterocycles. The van der Waals surface area contributed by atoms with E-state index in [2.05, 4.69) is 20.6 Å². The molecule has 2 N–H and O–H groups in total. The number of halogens is 1. The summed E-state index contributed by atoms with van der Waals surface area (Å²) in [4.78, 5) is 20.9. The Morgan fingerprint density at radius 3 is 2.57 bits per heavy atom. The van der Waals surface area contributed by atoms with Crippen molar-refractivity contribution in [3.63, 3.8) is 0 Å². The summed E-state index contributed by atoms with van der Waals surface area (Å²) in [5.74, 6) is 0.860. The fourth-order valence-corrected chi connectivity index (χ4v) is 2.77. The van der Waals surface area contributed by atoms with Crippen LogP contribution >= 0.6 is 11.6 Å². The minimum absolute atomic E-state index is 0.221. The molecule has 1 heterocycles. The highest BCUT2D eigenvalue weighted by atomic mass is 35.5. The lowest BCUT2D eigenvalue weighted by Gasteiger charge is -2.13. The highest BCUT2D eigenvalue weighted by Gasteiger charge is 2.13. The zero-order chi connectivity index (χ0) is 20.1. The van der Waals surface area contributed by atoms with Crippen molar-refractivity contribution in [2.45, 2.75) is 6.92 Å². The summed E-state index contributed by atoms with van der Waals surface area (Å²) in [6.07, 6.45) is 1.50. The van der Waals surface area contributed by atoms with Gasteiger partial charge in [-0.3, -0.25) is 4.79 Å². The highest BCUT2D eigenvalue weighted by molar-refractivity contribution is 6.32. The van der Waals surface area contributed by atoms with Crippen LogP contribution < -0.4 is 20.1 Å². The summed E-state index contributed by atoms with van der Waals surface area (Å²) in [5.41, 5.74) is 2.52. The van der Waals surface area contributed by atoms with E-state index >= 15 is 0 Å². The topological polar surface area (TPSA) is 85.4 Å². The molecule has 0 saturated carbocycles. The number of aromatic nitrogens is 2. The molecule has 2 aromatic carbocycles. The molecule has 0 atom stereocenters. The molecule has 0 saturated heterocycles. The first kappa shape index (κ1) is 19.4. The van der Waals surface area contributed by atoms with E-state index in [0.29, 0.717) is 27.9 Å². The van der Waals surface area contributed by atoms with Gasteiger partial charge in [0.1, 0.15) is 17.2 Å². The second-order valence-electron chi connectivity index (χ2n) is 5.90. The van der Waals surface area contributed by atoms with Gasteiger partial charge < -0.3 is 20.1 Å². The van der Waals surface area contributed by atoms with E-state index in [1.807, 2.05) is 31.2 Å². The molecule has 0 radical (unpaired) electrons. The third kappa shape index (κ3) is 4.50. The van der Waals surface area contributed by atoms with Crippen LogP contribution in [0.25, 0.3) is 0 Å². The Morgan fingerprint density at radius 2 is 1.86 bits per heavy atom. The number of carbonyl (C=O) groups excluding carboxylic acids is 1. The molecule has 0 spiro atoms. The molecule has 0 aliphatic heterocycles. The van der Waals surface area contributed by atoms with Gasteiger partial charge in [-0.15, -0.1) is 0 Å². The maximum Gasteiger partial charge on any atom is 0.274 e. The molecular formula is C20H19ClN4O3. The predicted molar refractivity (Wildman–Crippen MR) is 109 cm³/mol. The molecule has 7 nitrogen and oxygen atoms in total. The van der Waals surface area contributed by atoms with Crippen LogP contribution in [0.3, 0.4) is 0 Å². The van der Waals surface area contributed by atoms with E-state index in [4.69, 9.17) is 21.1 Å². The van der Waals surface area contributed by atoms with Gasteiger partial charge in [0.05, 0.1) is 24.9 Å². The first-order chi connectivity index (χ1) is 13.5. The van der Waals surface area contributed by atoms with Gasteiger partial charge in [-0.2, -0.15) is 0 Å². The summed E-state index contributed by atoms with van der Waals surface area (Å²) in [6, 6.07) is 12.4. The molecule has 28 heavy (non-hydrogen) atoms. The maximum atomic E-state index is 12.5. The zero-order valence-corrected chi connectivity index (χ0v) is 16.4. The molecule has 0 aliphatic carbocycles. The van der Waals surface area contributed by atoms with Gasteiger partial charge in [-0.25, -0.2) is 9.97 Å². The molecule has 0 bridgehead atoms.